The molecular formula is C21H31N3O3. The monoisotopic (exact) mass is 373 g/mol. The van der Waals surface area contributed by atoms with Crippen molar-refractivity contribution in [1.82, 2.24) is 15.1 Å². The van der Waals surface area contributed by atoms with Crippen molar-refractivity contribution in [1.29, 1.82) is 0 Å². The third-order valence-electron chi connectivity index (χ3n) is 5.50. The summed E-state index contributed by atoms with van der Waals surface area (Å²) in [5.41, 5.74) is -0.0635. The molecule has 0 saturated carbocycles. The number of piperidine rings is 1. The zero-order chi connectivity index (χ0) is 19.4. The molecule has 0 spiro atoms. The second-order valence-electron chi connectivity index (χ2n) is 8.39. The minimum atomic E-state index is -0.924. The number of carbonyl (C=O) groups excluding carboxylic acids is 2. The second kappa shape index (κ2) is 8.30. The van der Waals surface area contributed by atoms with Crippen LogP contribution in [0.25, 0.3) is 0 Å². The van der Waals surface area contributed by atoms with Crippen LogP contribution in [0.1, 0.15) is 38.7 Å². The van der Waals surface area contributed by atoms with E-state index in [1.807, 2.05) is 35.2 Å². The summed E-state index contributed by atoms with van der Waals surface area (Å²) in [5, 5.41) is 13.6. The lowest BCUT2D eigenvalue weighted by atomic mass is 9.85. The van der Waals surface area contributed by atoms with Gasteiger partial charge in [-0.15, -0.1) is 0 Å². The van der Waals surface area contributed by atoms with Crippen LogP contribution in [0.15, 0.2) is 30.3 Å². The molecule has 2 fully saturated rings. The minimum Gasteiger partial charge on any atom is -0.381 e. The van der Waals surface area contributed by atoms with Gasteiger partial charge >= 0.3 is 6.03 Å². The summed E-state index contributed by atoms with van der Waals surface area (Å²) in [7, 11) is 0. The Kier molecular flexibility index (Phi) is 6.05. The third kappa shape index (κ3) is 4.80. The summed E-state index contributed by atoms with van der Waals surface area (Å²) in [6.07, 6.45) is 2.34. The zero-order valence-corrected chi connectivity index (χ0v) is 16.4. The number of urea groups is 1. The molecule has 2 aliphatic rings. The van der Waals surface area contributed by atoms with Gasteiger partial charge in [0.15, 0.2) is 0 Å². The average molecular weight is 373 g/mol. The molecule has 0 radical (unpaired) electrons. The molecule has 2 aliphatic heterocycles. The van der Waals surface area contributed by atoms with E-state index in [0.717, 1.165) is 24.9 Å². The molecule has 2 saturated heterocycles. The van der Waals surface area contributed by atoms with Crippen LogP contribution in [0.2, 0.25) is 0 Å². The summed E-state index contributed by atoms with van der Waals surface area (Å²) >= 11 is 0. The number of β-amino-alcohol motifs (C(OH)–C–C–N with tert-alkyl or cyclic N) is 1. The molecule has 27 heavy (non-hydrogen) atoms. The molecule has 2 N–H and O–H groups in total. The van der Waals surface area contributed by atoms with Gasteiger partial charge in [0.2, 0.25) is 5.91 Å². The van der Waals surface area contributed by atoms with E-state index in [4.69, 9.17) is 0 Å². The first-order chi connectivity index (χ1) is 12.9. The van der Waals surface area contributed by atoms with Crippen molar-refractivity contribution < 1.29 is 14.7 Å². The van der Waals surface area contributed by atoms with E-state index in [-0.39, 0.29) is 17.9 Å². The standard InChI is InChI=1S/C21H31N3O3/c1-16(2)12-22-20(26)23-10-6-7-17(13-23)11-19(25)24-14-21(27,15-24)18-8-4-3-5-9-18/h3-5,8-9,16-17,27H,6-7,10-15H2,1-2H3,(H,22,26). The van der Waals surface area contributed by atoms with Crippen molar-refractivity contribution in [2.24, 2.45) is 11.8 Å². The second-order valence-corrected chi connectivity index (χ2v) is 8.39. The van der Waals surface area contributed by atoms with Crippen molar-refractivity contribution in [2.45, 2.75) is 38.7 Å². The molecule has 3 amide bonds. The lowest BCUT2D eigenvalue weighted by Crippen LogP contribution is -2.61. The van der Waals surface area contributed by atoms with E-state index in [0.29, 0.717) is 38.5 Å². The Bertz CT molecular complexity index is 656. The Hall–Kier alpha value is -2.08. The molecule has 0 aromatic heterocycles. The number of benzene rings is 1. The number of hydrogen-bond acceptors (Lipinski definition) is 3. The van der Waals surface area contributed by atoms with Gasteiger partial charge in [-0.1, -0.05) is 44.2 Å². The van der Waals surface area contributed by atoms with Crippen molar-refractivity contribution in [3.8, 4) is 0 Å². The van der Waals surface area contributed by atoms with Crippen LogP contribution in [0, 0.1) is 11.8 Å². The zero-order valence-electron chi connectivity index (χ0n) is 16.4. The van der Waals surface area contributed by atoms with Gasteiger partial charge in [-0.2, -0.15) is 0 Å². The highest BCUT2D eigenvalue weighted by atomic mass is 16.3. The lowest BCUT2D eigenvalue weighted by Gasteiger charge is -2.47. The van der Waals surface area contributed by atoms with Gasteiger partial charge in [-0.3, -0.25) is 4.79 Å². The molecule has 6 nitrogen and oxygen atoms in total. The van der Waals surface area contributed by atoms with Gasteiger partial charge in [-0.05, 0) is 30.2 Å². The lowest BCUT2D eigenvalue weighted by molar-refractivity contribution is -0.158. The van der Waals surface area contributed by atoms with Gasteiger partial charge in [0.1, 0.15) is 5.60 Å². The predicted molar refractivity (Wildman–Crippen MR) is 104 cm³/mol. The largest absolute Gasteiger partial charge is 0.381 e. The Morgan fingerprint density at radius 3 is 2.59 bits per heavy atom. The van der Waals surface area contributed by atoms with Crippen LogP contribution in [0.4, 0.5) is 4.79 Å². The highest BCUT2D eigenvalue weighted by Gasteiger charge is 2.45. The number of amides is 3. The van der Waals surface area contributed by atoms with Gasteiger partial charge in [-0.25, -0.2) is 4.79 Å². The van der Waals surface area contributed by atoms with Crippen LogP contribution in [0.5, 0.6) is 0 Å². The summed E-state index contributed by atoms with van der Waals surface area (Å²) in [6.45, 7) is 6.90. The Morgan fingerprint density at radius 2 is 1.93 bits per heavy atom. The third-order valence-corrected chi connectivity index (χ3v) is 5.50. The number of hydrogen-bond donors (Lipinski definition) is 2. The molecule has 148 valence electrons. The maximum atomic E-state index is 12.6. The van der Waals surface area contributed by atoms with E-state index in [1.165, 1.54) is 0 Å². The van der Waals surface area contributed by atoms with Crippen LogP contribution in [-0.4, -0.2) is 59.6 Å². The molecule has 3 rings (SSSR count). The normalized spacial score (nSPS) is 21.7. The first-order valence-corrected chi connectivity index (χ1v) is 9.96. The van der Waals surface area contributed by atoms with Crippen LogP contribution in [0.3, 0.4) is 0 Å². The van der Waals surface area contributed by atoms with Crippen LogP contribution >= 0.6 is 0 Å². The SMILES string of the molecule is CC(C)CNC(=O)N1CCCC(CC(=O)N2CC(O)(c3ccccc3)C2)C1. The molecule has 2 heterocycles. The first kappa shape index (κ1) is 19.7. The molecule has 0 bridgehead atoms. The van der Waals surface area contributed by atoms with E-state index < -0.39 is 5.60 Å². The molecule has 1 aromatic carbocycles. The molecule has 6 heteroatoms. The average Bonchev–Trinajstić information content (AvgIpc) is 2.64. The summed E-state index contributed by atoms with van der Waals surface area (Å²) in [4.78, 5) is 28.4. The number of rotatable bonds is 5. The topological polar surface area (TPSA) is 72.9 Å². The highest BCUT2D eigenvalue weighted by molar-refractivity contribution is 5.78. The summed E-state index contributed by atoms with van der Waals surface area (Å²) < 4.78 is 0. The quantitative estimate of drug-likeness (QED) is 0.831. The van der Waals surface area contributed by atoms with E-state index in [2.05, 4.69) is 19.2 Å². The van der Waals surface area contributed by atoms with E-state index in [9.17, 15) is 14.7 Å². The van der Waals surface area contributed by atoms with E-state index in [1.54, 1.807) is 4.90 Å². The molecular weight excluding hydrogens is 342 g/mol. The number of nitrogens with zero attached hydrogens (tertiary/aromatic N) is 2. The van der Waals surface area contributed by atoms with Gasteiger partial charge in [0.25, 0.3) is 0 Å². The first-order valence-electron chi connectivity index (χ1n) is 9.96. The number of carbonyl (C=O) groups is 2. The smallest absolute Gasteiger partial charge is 0.317 e. The van der Waals surface area contributed by atoms with Crippen LogP contribution < -0.4 is 5.32 Å². The van der Waals surface area contributed by atoms with Gasteiger partial charge < -0.3 is 20.2 Å². The van der Waals surface area contributed by atoms with Crippen molar-refractivity contribution >= 4 is 11.9 Å². The fourth-order valence-electron chi connectivity index (χ4n) is 3.89. The Labute approximate surface area is 161 Å². The molecule has 0 aliphatic carbocycles. The number of nitrogens with one attached hydrogen (secondary N) is 1. The van der Waals surface area contributed by atoms with Crippen LogP contribution in [-0.2, 0) is 10.4 Å². The van der Waals surface area contributed by atoms with Crippen molar-refractivity contribution in [2.75, 3.05) is 32.7 Å². The maximum Gasteiger partial charge on any atom is 0.317 e. The molecule has 1 unspecified atom stereocenters. The maximum absolute atomic E-state index is 12.6. The van der Waals surface area contributed by atoms with E-state index >= 15 is 0 Å². The summed E-state index contributed by atoms with van der Waals surface area (Å²) in [5.74, 6) is 0.692. The molecule has 1 aromatic rings. The van der Waals surface area contributed by atoms with Gasteiger partial charge in [0, 0.05) is 26.1 Å². The van der Waals surface area contributed by atoms with Gasteiger partial charge in [0.05, 0.1) is 13.1 Å². The van der Waals surface area contributed by atoms with Crippen molar-refractivity contribution in [3.05, 3.63) is 35.9 Å². The number of aliphatic hydroxyl groups is 1. The molecule has 1 atom stereocenters. The predicted octanol–water partition coefficient (Wildman–Crippen LogP) is 2.18. The summed E-state index contributed by atoms with van der Waals surface area (Å²) in [6, 6.07) is 9.49. The Balaban J connectivity index is 1.47. The highest BCUT2D eigenvalue weighted by Crippen LogP contribution is 2.33. The minimum absolute atomic E-state index is 0.0248. The fraction of sp³-hybridized carbons (Fsp3) is 0.619. The Morgan fingerprint density at radius 1 is 1.22 bits per heavy atom. The van der Waals surface area contributed by atoms with Crippen molar-refractivity contribution in [3.63, 3.8) is 0 Å². The fourth-order valence-corrected chi connectivity index (χ4v) is 3.89. The number of likely N-dealkylation sites (tertiary alicyclic amines) is 2.